The molecule has 0 amide bonds. The third-order valence-corrected chi connectivity index (χ3v) is 3.36. The van der Waals surface area contributed by atoms with Crippen molar-refractivity contribution >= 4 is 5.69 Å². The average molecular weight is 364 g/mol. The molecule has 2 aromatic carbocycles. The lowest BCUT2D eigenvalue weighted by Gasteiger charge is -2.10. The van der Waals surface area contributed by atoms with Crippen molar-refractivity contribution in [2.24, 2.45) is 5.73 Å². The standard InChI is InChI=1S/C19H22F2N2O3/c1-14(10-22)11-25-17-7-5-15(6-8-17)12-24-13-23-16-3-2-4-18(9-16)26-19(20)21/h2-9,19,23H,1,10-13,22H2. The lowest BCUT2D eigenvalue weighted by Crippen LogP contribution is -2.09. The highest BCUT2D eigenvalue weighted by Crippen LogP contribution is 2.19. The van der Waals surface area contributed by atoms with E-state index in [-0.39, 0.29) is 12.5 Å². The van der Waals surface area contributed by atoms with Crippen LogP contribution in [0, 0.1) is 0 Å². The highest BCUT2D eigenvalue weighted by molar-refractivity contribution is 5.47. The Morgan fingerprint density at radius 3 is 2.58 bits per heavy atom. The molecule has 0 bridgehead atoms. The summed E-state index contributed by atoms with van der Waals surface area (Å²) >= 11 is 0. The van der Waals surface area contributed by atoms with Crippen LogP contribution in [0.2, 0.25) is 0 Å². The zero-order valence-electron chi connectivity index (χ0n) is 14.3. The molecule has 5 nitrogen and oxygen atoms in total. The highest BCUT2D eigenvalue weighted by atomic mass is 19.3. The molecule has 2 rings (SSSR count). The Labute approximate surface area is 151 Å². The summed E-state index contributed by atoms with van der Waals surface area (Å²) in [6.45, 7) is 2.35. The van der Waals surface area contributed by atoms with Gasteiger partial charge in [-0.05, 0) is 35.4 Å². The molecule has 7 heteroatoms. The van der Waals surface area contributed by atoms with Crippen LogP contribution in [0.1, 0.15) is 5.56 Å². The van der Waals surface area contributed by atoms with Gasteiger partial charge in [0.1, 0.15) is 24.8 Å². The maximum atomic E-state index is 12.2. The number of benzene rings is 2. The summed E-state index contributed by atoms with van der Waals surface area (Å²) in [4.78, 5) is 0. The van der Waals surface area contributed by atoms with Gasteiger partial charge < -0.3 is 25.3 Å². The van der Waals surface area contributed by atoms with Crippen LogP contribution in [-0.4, -0.2) is 26.5 Å². The van der Waals surface area contributed by atoms with E-state index in [9.17, 15) is 8.78 Å². The molecule has 0 atom stereocenters. The molecular weight excluding hydrogens is 342 g/mol. The number of alkyl halides is 2. The smallest absolute Gasteiger partial charge is 0.387 e. The van der Waals surface area contributed by atoms with Gasteiger partial charge in [0.15, 0.2) is 0 Å². The topological polar surface area (TPSA) is 65.7 Å². The summed E-state index contributed by atoms with van der Waals surface area (Å²) in [5.41, 5.74) is 7.89. The molecular formula is C19H22F2N2O3. The van der Waals surface area contributed by atoms with Crippen molar-refractivity contribution in [2.75, 3.05) is 25.2 Å². The molecule has 0 aliphatic carbocycles. The van der Waals surface area contributed by atoms with Crippen LogP contribution in [0.15, 0.2) is 60.7 Å². The summed E-state index contributed by atoms with van der Waals surface area (Å²) < 4.78 is 39.8. The number of hydrogen-bond acceptors (Lipinski definition) is 5. The normalized spacial score (nSPS) is 10.6. The van der Waals surface area contributed by atoms with Gasteiger partial charge in [-0.15, -0.1) is 0 Å². The zero-order valence-corrected chi connectivity index (χ0v) is 14.3. The number of ether oxygens (including phenoxy) is 3. The van der Waals surface area contributed by atoms with Gasteiger partial charge >= 0.3 is 6.61 Å². The van der Waals surface area contributed by atoms with Crippen LogP contribution in [0.25, 0.3) is 0 Å². The van der Waals surface area contributed by atoms with Gasteiger partial charge in [-0.2, -0.15) is 8.78 Å². The molecule has 2 aromatic rings. The highest BCUT2D eigenvalue weighted by Gasteiger charge is 2.04. The number of anilines is 1. The Morgan fingerprint density at radius 2 is 1.88 bits per heavy atom. The van der Waals surface area contributed by atoms with Crippen molar-refractivity contribution in [3.8, 4) is 11.5 Å². The maximum Gasteiger partial charge on any atom is 0.387 e. The van der Waals surface area contributed by atoms with Crippen molar-refractivity contribution in [2.45, 2.75) is 13.2 Å². The van der Waals surface area contributed by atoms with Crippen molar-refractivity contribution in [1.82, 2.24) is 0 Å². The summed E-state index contributed by atoms with van der Waals surface area (Å²) in [6.07, 6.45) is 0. The summed E-state index contributed by atoms with van der Waals surface area (Å²) in [5.74, 6) is 0.829. The van der Waals surface area contributed by atoms with E-state index in [1.165, 1.54) is 12.1 Å². The second-order valence-electron chi connectivity index (χ2n) is 5.46. The minimum atomic E-state index is -2.85. The fraction of sp³-hybridized carbons (Fsp3) is 0.263. The first kappa shape index (κ1) is 19.7. The molecule has 26 heavy (non-hydrogen) atoms. The number of rotatable bonds is 11. The summed E-state index contributed by atoms with van der Waals surface area (Å²) in [5, 5.41) is 2.99. The van der Waals surface area contributed by atoms with E-state index in [0.29, 0.717) is 25.4 Å². The molecule has 0 heterocycles. The SMILES string of the molecule is C=C(CN)COc1ccc(COCNc2cccc(OC(F)F)c2)cc1. The van der Waals surface area contributed by atoms with Crippen LogP contribution >= 0.6 is 0 Å². The molecule has 0 saturated heterocycles. The zero-order chi connectivity index (χ0) is 18.8. The molecule has 0 aromatic heterocycles. The van der Waals surface area contributed by atoms with E-state index in [2.05, 4.69) is 16.6 Å². The van der Waals surface area contributed by atoms with Gasteiger partial charge in [0.2, 0.25) is 0 Å². The van der Waals surface area contributed by atoms with E-state index in [0.717, 1.165) is 16.9 Å². The second-order valence-corrected chi connectivity index (χ2v) is 5.46. The number of halogens is 2. The molecule has 140 valence electrons. The predicted octanol–water partition coefficient (Wildman–Crippen LogP) is 3.77. The Hall–Kier alpha value is -2.64. The fourth-order valence-corrected chi connectivity index (χ4v) is 2.01. The maximum absolute atomic E-state index is 12.2. The van der Waals surface area contributed by atoms with Crippen LogP contribution in [0.5, 0.6) is 11.5 Å². The molecule has 0 spiro atoms. The Bertz CT molecular complexity index is 693. The number of nitrogens with one attached hydrogen (secondary N) is 1. The first-order valence-electron chi connectivity index (χ1n) is 8.02. The van der Waals surface area contributed by atoms with Crippen molar-refractivity contribution in [3.63, 3.8) is 0 Å². The molecule has 0 saturated carbocycles. The van der Waals surface area contributed by atoms with Crippen LogP contribution in [0.4, 0.5) is 14.5 Å². The van der Waals surface area contributed by atoms with E-state index >= 15 is 0 Å². The molecule has 0 radical (unpaired) electrons. The fourth-order valence-electron chi connectivity index (χ4n) is 2.01. The van der Waals surface area contributed by atoms with Gasteiger partial charge in [-0.25, -0.2) is 0 Å². The van der Waals surface area contributed by atoms with Crippen molar-refractivity contribution in [3.05, 3.63) is 66.2 Å². The molecule has 3 N–H and O–H groups in total. The summed E-state index contributed by atoms with van der Waals surface area (Å²) in [6, 6.07) is 13.8. The van der Waals surface area contributed by atoms with E-state index in [1.807, 2.05) is 24.3 Å². The molecule has 0 aliphatic rings. The predicted molar refractivity (Wildman–Crippen MR) is 96.5 cm³/mol. The summed E-state index contributed by atoms with van der Waals surface area (Å²) in [7, 11) is 0. The number of nitrogens with two attached hydrogens (primary N) is 1. The monoisotopic (exact) mass is 364 g/mol. The van der Waals surface area contributed by atoms with Gasteiger partial charge in [0.25, 0.3) is 0 Å². The van der Waals surface area contributed by atoms with Gasteiger partial charge in [0.05, 0.1) is 6.61 Å². The van der Waals surface area contributed by atoms with Crippen molar-refractivity contribution in [1.29, 1.82) is 0 Å². The molecule has 0 unspecified atom stereocenters. The minimum absolute atomic E-state index is 0.0953. The first-order valence-corrected chi connectivity index (χ1v) is 8.02. The largest absolute Gasteiger partial charge is 0.489 e. The van der Waals surface area contributed by atoms with Crippen molar-refractivity contribution < 1.29 is 23.0 Å². The third kappa shape index (κ3) is 7.08. The van der Waals surface area contributed by atoms with E-state index in [4.69, 9.17) is 15.2 Å². The first-order chi connectivity index (χ1) is 12.6. The molecule has 0 aliphatic heterocycles. The van der Waals surface area contributed by atoms with Gasteiger partial charge in [0, 0.05) is 18.3 Å². The third-order valence-electron chi connectivity index (χ3n) is 3.36. The minimum Gasteiger partial charge on any atom is -0.489 e. The van der Waals surface area contributed by atoms with E-state index < -0.39 is 6.61 Å². The quantitative estimate of drug-likeness (QED) is 0.361. The number of hydrogen-bond donors (Lipinski definition) is 2. The van der Waals surface area contributed by atoms with E-state index in [1.54, 1.807) is 12.1 Å². The Morgan fingerprint density at radius 1 is 1.12 bits per heavy atom. The lowest BCUT2D eigenvalue weighted by molar-refractivity contribution is -0.0498. The molecule has 0 fully saturated rings. The Balaban J connectivity index is 1.72. The van der Waals surface area contributed by atoms with Crippen LogP contribution in [0.3, 0.4) is 0 Å². The van der Waals surface area contributed by atoms with Crippen LogP contribution in [-0.2, 0) is 11.3 Å². The van der Waals surface area contributed by atoms with Gasteiger partial charge in [-0.3, -0.25) is 0 Å². The second kappa shape index (κ2) is 10.4. The Kier molecular flexibility index (Phi) is 7.85. The van der Waals surface area contributed by atoms with Gasteiger partial charge in [-0.1, -0.05) is 24.8 Å². The average Bonchev–Trinajstić information content (AvgIpc) is 2.64. The lowest BCUT2D eigenvalue weighted by atomic mass is 10.2. The van der Waals surface area contributed by atoms with Crippen LogP contribution < -0.4 is 20.5 Å².